The summed E-state index contributed by atoms with van der Waals surface area (Å²) < 4.78 is 10.4. The molecule has 0 aliphatic carbocycles. The quantitative estimate of drug-likeness (QED) is 0.794. The van der Waals surface area contributed by atoms with Gasteiger partial charge in [-0.05, 0) is 31.0 Å². The molecule has 0 saturated carbocycles. The second kappa shape index (κ2) is 7.08. The van der Waals surface area contributed by atoms with Crippen molar-refractivity contribution in [1.82, 2.24) is 5.32 Å². The Morgan fingerprint density at radius 2 is 2.33 bits per heavy atom. The summed E-state index contributed by atoms with van der Waals surface area (Å²) in [6, 6.07) is 4.98. The highest BCUT2D eigenvalue weighted by Crippen LogP contribution is 2.25. The van der Waals surface area contributed by atoms with Gasteiger partial charge < -0.3 is 20.5 Å². The zero-order chi connectivity index (χ0) is 15.2. The molecule has 0 spiro atoms. The van der Waals surface area contributed by atoms with Crippen LogP contribution in [0, 0.1) is 0 Å². The highest BCUT2D eigenvalue weighted by Gasteiger charge is 2.18. The van der Waals surface area contributed by atoms with Crippen LogP contribution in [-0.4, -0.2) is 31.6 Å². The molecule has 0 radical (unpaired) electrons. The summed E-state index contributed by atoms with van der Waals surface area (Å²) in [5.41, 5.74) is 7.36. The summed E-state index contributed by atoms with van der Waals surface area (Å²) in [7, 11) is 0. The van der Waals surface area contributed by atoms with Gasteiger partial charge in [-0.1, -0.05) is 6.07 Å². The Morgan fingerprint density at radius 1 is 1.52 bits per heavy atom. The van der Waals surface area contributed by atoms with E-state index in [1.165, 1.54) is 0 Å². The molecule has 0 fully saturated rings. The Hall–Kier alpha value is -2.08. The fourth-order valence-electron chi connectivity index (χ4n) is 2.18. The van der Waals surface area contributed by atoms with Crippen LogP contribution in [0.4, 0.5) is 0 Å². The van der Waals surface area contributed by atoms with Crippen LogP contribution in [-0.2, 0) is 9.53 Å². The molecule has 0 aromatic heterocycles. The van der Waals surface area contributed by atoms with Gasteiger partial charge in [0, 0.05) is 12.5 Å². The van der Waals surface area contributed by atoms with Gasteiger partial charge in [-0.2, -0.15) is 0 Å². The topological polar surface area (TPSA) is 90.7 Å². The van der Waals surface area contributed by atoms with Gasteiger partial charge >= 0.3 is 5.97 Å². The van der Waals surface area contributed by atoms with Gasteiger partial charge in [-0.3, -0.25) is 9.59 Å². The molecule has 6 heteroatoms. The molecule has 3 N–H and O–H groups in total. The Balaban J connectivity index is 2.06. The molecule has 1 aliphatic heterocycles. The van der Waals surface area contributed by atoms with E-state index in [0.717, 1.165) is 5.56 Å². The second-order valence-electron chi connectivity index (χ2n) is 4.81. The molecule has 2 rings (SSSR count). The van der Waals surface area contributed by atoms with Crippen molar-refractivity contribution < 1.29 is 19.1 Å². The van der Waals surface area contributed by atoms with Gasteiger partial charge in [-0.25, -0.2) is 0 Å². The van der Waals surface area contributed by atoms with Crippen molar-refractivity contribution >= 4 is 11.9 Å². The first-order valence-electron chi connectivity index (χ1n) is 7.08. The number of fused-ring (bicyclic) bond motifs is 1. The van der Waals surface area contributed by atoms with E-state index in [9.17, 15) is 9.59 Å². The molecule has 1 aromatic rings. The monoisotopic (exact) mass is 292 g/mol. The van der Waals surface area contributed by atoms with Crippen molar-refractivity contribution in [2.24, 2.45) is 5.73 Å². The number of nitrogens with two attached hydrogens (primary N) is 1. The number of hydrogen-bond acceptors (Lipinski definition) is 5. The summed E-state index contributed by atoms with van der Waals surface area (Å²) in [6.07, 6.45) is 0.731. The van der Waals surface area contributed by atoms with Crippen LogP contribution in [0.25, 0.3) is 0 Å². The van der Waals surface area contributed by atoms with Crippen LogP contribution < -0.4 is 15.8 Å². The number of carbonyl (C=O) groups excluding carboxylic acids is 2. The Bertz CT molecular complexity index is 530. The Labute approximate surface area is 123 Å². The molecule has 0 saturated heterocycles. The minimum absolute atomic E-state index is 0.165. The summed E-state index contributed by atoms with van der Waals surface area (Å²) >= 11 is 0. The molecule has 21 heavy (non-hydrogen) atoms. The minimum Gasteiger partial charge on any atom is -0.491 e. The number of esters is 1. The van der Waals surface area contributed by atoms with Crippen LogP contribution in [0.1, 0.15) is 41.7 Å². The third-order valence-corrected chi connectivity index (χ3v) is 3.29. The number of hydrogen-bond donors (Lipinski definition) is 2. The van der Waals surface area contributed by atoms with Crippen molar-refractivity contribution in [2.45, 2.75) is 25.8 Å². The average molecular weight is 292 g/mol. The third-order valence-electron chi connectivity index (χ3n) is 3.29. The highest BCUT2D eigenvalue weighted by molar-refractivity contribution is 5.97. The molecular formula is C15H20N2O4. The molecule has 1 aliphatic rings. The summed E-state index contributed by atoms with van der Waals surface area (Å²) in [4.78, 5) is 23.3. The first-order chi connectivity index (χ1) is 10.1. The highest BCUT2D eigenvalue weighted by atomic mass is 16.5. The second-order valence-corrected chi connectivity index (χ2v) is 4.81. The molecule has 1 aromatic carbocycles. The fraction of sp³-hybridized carbons (Fsp3) is 0.467. The van der Waals surface area contributed by atoms with E-state index in [4.69, 9.17) is 15.2 Å². The SMILES string of the molecule is CCOC(=O)CCC(N)c1ccc2c(c1)C(=O)NCCO2. The number of amides is 1. The first-order valence-corrected chi connectivity index (χ1v) is 7.08. The lowest BCUT2D eigenvalue weighted by molar-refractivity contribution is -0.143. The smallest absolute Gasteiger partial charge is 0.305 e. The van der Waals surface area contributed by atoms with Crippen LogP contribution in [0.5, 0.6) is 5.75 Å². The predicted molar refractivity (Wildman–Crippen MR) is 77.1 cm³/mol. The lowest BCUT2D eigenvalue weighted by Crippen LogP contribution is -2.24. The van der Waals surface area contributed by atoms with Crippen LogP contribution in [0.2, 0.25) is 0 Å². The molecule has 1 amide bonds. The van der Waals surface area contributed by atoms with Gasteiger partial charge in [0.1, 0.15) is 12.4 Å². The molecule has 1 unspecified atom stereocenters. The van der Waals surface area contributed by atoms with Crippen molar-refractivity contribution in [1.29, 1.82) is 0 Å². The lowest BCUT2D eigenvalue weighted by atomic mass is 10.00. The third kappa shape index (κ3) is 3.95. The van der Waals surface area contributed by atoms with Crippen LogP contribution in [0.3, 0.4) is 0 Å². The number of benzene rings is 1. The first kappa shape index (κ1) is 15.3. The molecule has 1 heterocycles. The van der Waals surface area contributed by atoms with Crippen molar-refractivity contribution in [3.8, 4) is 5.75 Å². The van der Waals surface area contributed by atoms with Gasteiger partial charge in [0.05, 0.1) is 18.7 Å². The molecule has 1 atom stereocenters. The maximum absolute atomic E-state index is 11.9. The number of carbonyl (C=O) groups is 2. The van der Waals surface area contributed by atoms with Crippen molar-refractivity contribution in [3.05, 3.63) is 29.3 Å². The zero-order valence-electron chi connectivity index (χ0n) is 12.1. The average Bonchev–Trinajstić information content (AvgIpc) is 2.67. The standard InChI is InChI=1S/C15H20N2O4/c1-2-20-14(18)6-4-12(16)10-3-5-13-11(9-10)15(19)17-7-8-21-13/h3,5,9,12H,2,4,6-8,16H2,1H3,(H,17,19). The van der Waals surface area contributed by atoms with Gasteiger partial charge in [0.15, 0.2) is 0 Å². The van der Waals surface area contributed by atoms with E-state index in [1.54, 1.807) is 19.1 Å². The van der Waals surface area contributed by atoms with E-state index in [-0.39, 0.29) is 24.3 Å². The van der Waals surface area contributed by atoms with Gasteiger partial charge in [0.2, 0.25) is 0 Å². The predicted octanol–water partition coefficient (Wildman–Crippen LogP) is 1.15. The normalized spacial score (nSPS) is 15.2. The summed E-state index contributed by atoms with van der Waals surface area (Å²) in [5, 5.41) is 2.75. The fourth-order valence-corrected chi connectivity index (χ4v) is 2.18. The van der Waals surface area contributed by atoms with Gasteiger partial charge in [0.25, 0.3) is 5.91 Å². The van der Waals surface area contributed by atoms with E-state index >= 15 is 0 Å². The van der Waals surface area contributed by atoms with Crippen molar-refractivity contribution in [2.75, 3.05) is 19.8 Å². The lowest BCUT2D eigenvalue weighted by Gasteiger charge is -2.14. The van der Waals surface area contributed by atoms with Crippen LogP contribution in [0.15, 0.2) is 18.2 Å². The largest absolute Gasteiger partial charge is 0.491 e. The number of nitrogens with one attached hydrogen (secondary N) is 1. The molecule has 114 valence electrons. The zero-order valence-corrected chi connectivity index (χ0v) is 12.1. The van der Waals surface area contributed by atoms with E-state index < -0.39 is 0 Å². The Morgan fingerprint density at radius 3 is 3.10 bits per heavy atom. The maximum atomic E-state index is 11.9. The molecular weight excluding hydrogens is 272 g/mol. The number of rotatable bonds is 5. The van der Waals surface area contributed by atoms with Gasteiger partial charge in [-0.15, -0.1) is 0 Å². The van der Waals surface area contributed by atoms with Crippen LogP contribution >= 0.6 is 0 Å². The molecule has 6 nitrogen and oxygen atoms in total. The van der Waals surface area contributed by atoms with E-state index in [2.05, 4.69) is 5.32 Å². The maximum Gasteiger partial charge on any atom is 0.305 e. The van der Waals surface area contributed by atoms with E-state index in [1.807, 2.05) is 6.07 Å². The van der Waals surface area contributed by atoms with E-state index in [0.29, 0.717) is 37.5 Å². The Kier molecular flexibility index (Phi) is 5.16. The molecule has 0 bridgehead atoms. The van der Waals surface area contributed by atoms with Crippen molar-refractivity contribution in [3.63, 3.8) is 0 Å². The number of ether oxygens (including phenoxy) is 2. The summed E-state index contributed by atoms with van der Waals surface area (Å²) in [6.45, 7) is 3.07. The minimum atomic E-state index is -0.323. The summed E-state index contributed by atoms with van der Waals surface area (Å²) in [5.74, 6) is 0.136.